The van der Waals surface area contributed by atoms with Crippen LogP contribution in [-0.4, -0.2) is 59.3 Å². The number of ether oxygens (including phenoxy) is 1. The van der Waals surface area contributed by atoms with Crippen LogP contribution in [0, 0.1) is 12.8 Å². The third kappa shape index (κ3) is 7.34. The standard InChI is InChI=1S/C35H47N3O4/c1-25-9-7-12-27(23-25)24-38(35(41)28-17-19-29(42-2)20-18-28)31-14-6-5-13-30(31)36-34(40)32-15-8-22-37(32)33(39)21-16-26-10-3-4-11-26/h7,9,12,17-20,23,26,30-32H,3-6,8,10-11,13-16,21-22,24H2,1-2H3,(H,36,40)/t30-,31-,32+/m1/s1. The highest BCUT2D eigenvalue weighted by Crippen LogP contribution is 2.31. The molecule has 2 aliphatic carbocycles. The van der Waals surface area contributed by atoms with Crippen molar-refractivity contribution in [3.05, 3.63) is 65.2 Å². The summed E-state index contributed by atoms with van der Waals surface area (Å²) in [6, 6.07) is 14.8. The summed E-state index contributed by atoms with van der Waals surface area (Å²) >= 11 is 0. The second kappa shape index (κ2) is 14.2. The Balaban J connectivity index is 1.32. The first kappa shape index (κ1) is 30.1. The molecule has 3 amide bonds. The summed E-state index contributed by atoms with van der Waals surface area (Å²) in [5.74, 6) is 1.38. The number of hydrogen-bond acceptors (Lipinski definition) is 4. The lowest BCUT2D eigenvalue weighted by atomic mass is 9.88. The van der Waals surface area contributed by atoms with Crippen molar-refractivity contribution in [3.8, 4) is 5.75 Å². The molecule has 1 aliphatic heterocycles. The minimum absolute atomic E-state index is 0.0464. The smallest absolute Gasteiger partial charge is 0.254 e. The minimum atomic E-state index is -0.411. The Morgan fingerprint density at radius 1 is 0.929 bits per heavy atom. The van der Waals surface area contributed by atoms with Crippen molar-refractivity contribution < 1.29 is 19.1 Å². The molecule has 0 aromatic heterocycles. The van der Waals surface area contributed by atoms with Crippen molar-refractivity contribution in [2.24, 2.45) is 5.92 Å². The number of likely N-dealkylation sites (tertiary alicyclic amines) is 1. The van der Waals surface area contributed by atoms with E-state index in [4.69, 9.17) is 4.74 Å². The summed E-state index contributed by atoms with van der Waals surface area (Å²) in [6.07, 6.45) is 11.7. The van der Waals surface area contributed by atoms with Crippen LogP contribution in [0.3, 0.4) is 0 Å². The van der Waals surface area contributed by atoms with E-state index in [1.165, 1.54) is 25.7 Å². The lowest BCUT2D eigenvalue weighted by Crippen LogP contribution is -2.57. The van der Waals surface area contributed by atoms with Crippen molar-refractivity contribution in [1.29, 1.82) is 0 Å². The van der Waals surface area contributed by atoms with Gasteiger partial charge in [0.15, 0.2) is 0 Å². The Bertz CT molecular complexity index is 1220. The molecular weight excluding hydrogens is 526 g/mol. The quantitative estimate of drug-likeness (QED) is 0.376. The average Bonchev–Trinajstić information content (AvgIpc) is 3.72. The van der Waals surface area contributed by atoms with Crippen LogP contribution < -0.4 is 10.1 Å². The van der Waals surface area contributed by atoms with Crippen LogP contribution in [0.25, 0.3) is 0 Å². The van der Waals surface area contributed by atoms with Crippen LogP contribution in [0.15, 0.2) is 48.5 Å². The zero-order valence-electron chi connectivity index (χ0n) is 25.4. The Morgan fingerprint density at radius 2 is 1.67 bits per heavy atom. The molecule has 3 aliphatic rings. The number of carbonyl (C=O) groups excluding carboxylic acids is 3. The second-order valence-corrected chi connectivity index (χ2v) is 12.6. The molecule has 7 nitrogen and oxygen atoms in total. The molecule has 3 atom stereocenters. The Morgan fingerprint density at radius 3 is 2.40 bits per heavy atom. The average molecular weight is 574 g/mol. The lowest BCUT2D eigenvalue weighted by molar-refractivity contribution is -0.139. The van der Waals surface area contributed by atoms with Crippen molar-refractivity contribution >= 4 is 17.7 Å². The maximum absolute atomic E-state index is 14.1. The van der Waals surface area contributed by atoms with E-state index in [1.807, 2.05) is 40.1 Å². The number of nitrogens with one attached hydrogen (secondary N) is 1. The van der Waals surface area contributed by atoms with E-state index in [-0.39, 0.29) is 29.8 Å². The van der Waals surface area contributed by atoms with Crippen molar-refractivity contribution in [3.63, 3.8) is 0 Å². The Hall–Kier alpha value is -3.35. The third-order valence-electron chi connectivity index (χ3n) is 9.61. The van der Waals surface area contributed by atoms with E-state index in [0.717, 1.165) is 49.7 Å². The second-order valence-electron chi connectivity index (χ2n) is 12.6. The molecule has 7 heteroatoms. The van der Waals surface area contributed by atoms with E-state index >= 15 is 0 Å². The molecule has 42 heavy (non-hydrogen) atoms. The van der Waals surface area contributed by atoms with Crippen molar-refractivity contribution in [2.75, 3.05) is 13.7 Å². The van der Waals surface area contributed by atoms with Gasteiger partial charge in [-0.3, -0.25) is 14.4 Å². The van der Waals surface area contributed by atoms with Gasteiger partial charge in [-0.15, -0.1) is 0 Å². The van der Waals surface area contributed by atoms with Gasteiger partial charge in [-0.2, -0.15) is 0 Å². The molecule has 2 aromatic rings. The number of aryl methyl sites for hydroxylation is 1. The zero-order valence-corrected chi connectivity index (χ0v) is 25.4. The molecule has 0 bridgehead atoms. The fraction of sp³-hybridized carbons (Fsp3) is 0.571. The first-order chi connectivity index (χ1) is 20.4. The van der Waals surface area contributed by atoms with Crippen LogP contribution in [-0.2, 0) is 16.1 Å². The monoisotopic (exact) mass is 573 g/mol. The van der Waals surface area contributed by atoms with E-state index in [0.29, 0.717) is 43.2 Å². The van der Waals surface area contributed by atoms with Gasteiger partial charge in [0, 0.05) is 31.1 Å². The normalized spacial score (nSPS) is 22.6. The molecule has 5 rings (SSSR count). The number of hydrogen-bond donors (Lipinski definition) is 1. The number of nitrogens with zero attached hydrogens (tertiary/aromatic N) is 2. The highest BCUT2D eigenvalue weighted by atomic mass is 16.5. The number of amides is 3. The van der Waals surface area contributed by atoms with Gasteiger partial charge in [0.1, 0.15) is 11.8 Å². The summed E-state index contributed by atoms with van der Waals surface area (Å²) in [5, 5.41) is 3.35. The Labute approximate surface area is 251 Å². The minimum Gasteiger partial charge on any atom is -0.497 e. The molecule has 226 valence electrons. The highest BCUT2D eigenvalue weighted by molar-refractivity contribution is 5.95. The van der Waals surface area contributed by atoms with Gasteiger partial charge in [0.05, 0.1) is 13.2 Å². The van der Waals surface area contributed by atoms with Gasteiger partial charge >= 0.3 is 0 Å². The maximum atomic E-state index is 14.1. The molecular formula is C35H47N3O4. The summed E-state index contributed by atoms with van der Waals surface area (Å²) in [7, 11) is 1.62. The largest absolute Gasteiger partial charge is 0.497 e. The molecule has 0 spiro atoms. The van der Waals surface area contributed by atoms with Crippen molar-refractivity contribution in [2.45, 2.75) is 109 Å². The SMILES string of the molecule is COc1ccc(C(=O)N(Cc2cccc(C)c2)[C@@H]2CCCC[C@H]2NC(=O)[C@@H]2CCCN2C(=O)CCC2CCCC2)cc1. The summed E-state index contributed by atoms with van der Waals surface area (Å²) in [5.41, 5.74) is 2.83. The van der Waals surface area contributed by atoms with E-state index < -0.39 is 6.04 Å². The van der Waals surface area contributed by atoms with E-state index in [1.54, 1.807) is 7.11 Å². The van der Waals surface area contributed by atoms with Gasteiger partial charge in [0.2, 0.25) is 11.8 Å². The van der Waals surface area contributed by atoms with Crippen LogP contribution in [0.4, 0.5) is 0 Å². The molecule has 2 aromatic carbocycles. The predicted octanol–water partition coefficient (Wildman–Crippen LogP) is 6.03. The molecule has 1 saturated heterocycles. The number of carbonyl (C=O) groups is 3. The van der Waals surface area contributed by atoms with Crippen molar-refractivity contribution in [1.82, 2.24) is 15.1 Å². The Kier molecular flexibility index (Phi) is 10.2. The van der Waals surface area contributed by atoms with E-state index in [2.05, 4.69) is 30.4 Å². The van der Waals surface area contributed by atoms with Gasteiger partial charge < -0.3 is 19.9 Å². The van der Waals surface area contributed by atoms with Gasteiger partial charge in [-0.05, 0) is 74.8 Å². The van der Waals surface area contributed by atoms with Gasteiger partial charge in [-0.25, -0.2) is 0 Å². The highest BCUT2D eigenvalue weighted by Gasteiger charge is 2.39. The molecule has 1 N–H and O–H groups in total. The van der Waals surface area contributed by atoms with Gasteiger partial charge in [-0.1, -0.05) is 68.4 Å². The van der Waals surface area contributed by atoms with Crippen LogP contribution in [0.2, 0.25) is 0 Å². The van der Waals surface area contributed by atoms with Crippen LogP contribution in [0.1, 0.15) is 98.5 Å². The molecule has 1 heterocycles. The number of benzene rings is 2. The molecule has 3 fully saturated rings. The van der Waals surface area contributed by atoms with Gasteiger partial charge in [0.25, 0.3) is 5.91 Å². The fourth-order valence-electron chi connectivity index (χ4n) is 7.29. The van der Waals surface area contributed by atoms with Crippen LogP contribution in [0.5, 0.6) is 5.75 Å². The van der Waals surface area contributed by atoms with E-state index in [9.17, 15) is 14.4 Å². The first-order valence-corrected chi connectivity index (χ1v) is 16.0. The fourth-order valence-corrected chi connectivity index (χ4v) is 7.29. The number of rotatable bonds is 10. The molecule has 0 radical (unpaired) electrons. The topological polar surface area (TPSA) is 79.0 Å². The van der Waals surface area contributed by atoms with Crippen LogP contribution >= 0.6 is 0 Å². The number of methoxy groups -OCH3 is 1. The third-order valence-corrected chi connectivity index (χ3v) is 9.61. The molecule has 0 unspecified atom stereocenters. The predicted molar refractivity (Wildman–Crippen MR) is 164 cm³/mol. The molecule has 2 saturated carbocycles. The summed E-state index contributed by atoms with van der Waals surface area (Å²) in [4.78, 5) is 44.8. The summed E-state index contributed by atoms with van der Waals surface area (Å²) in [6.45, 7) is 3.19. The summed E-state index contributed by atoms with van der Waals surface area (Å²) < 4.78 is 5.31. The zero-order chi connectivity index (χ0) is 29.5. The lowest BCUT2D eigenvalue weighted by Gasteiger charge is -2.41. The maximum Gasteiger partial charge on any atom is 0.254 e. The first-order valence-electron chi connectivity index (χ1n) is 16.0.